The maximum absolute atomic E-state index is 13.1. The van der Waals surface area contributed by atoms with Gasteiger partial charge in [-0.05, 0) is 56.5 Å². The summed E-state index contributed by atoms with van der Waals surface area (Å²) in [7, 11) is 4.07. The lowest BCUT2D eigenvalue weighted by Crippen LogP contribution is -2.36. The number of aromatic nitrogens is 1. The summed E-state index contributed by atoms with van der Waals surface area (Å²) < 4.78 is 1.15. The smallest absolute Gasteiger partial charge is 0.228 e. The molecule has 2 aromatic carbocycles. The maximum Gasteiger partial charge on any atom is 0.228 e. The van der Waals surface area contributed by atoms with Crippen LogP contribution in [0.25, 0.3) is 10.2 Å². The summed E-state index contributed by atoms with van der Waals surface area (Å²) >= 11 is 3.43. The monoisotopic (exact) mass is 427 g/mol. The number of carbonyl (C=O) groups excluding carboxylic acids is 1. The Labute approximate surface area is 181 Å². The normalized spacial score (nSPS) is 11.3. The van der Waals surface area contributed by atoms with Crippen molar-refractivity contribution in [2.75, 3.05) is 37.8 Å². The minimum atomic E-state index is 0.164. The molecule has 0 N–H and O–H groups in total. The first-order chi connectivity index (χ1) is 14.1. The number of carbonyl (C=O) groups is 1. The SMILES string of the molecule is CCc1cccc2sc(N(CCN(C)C)C(=O)CCCSc3ccccc3)nc12. The van der Waals surface area contributed by atoms with Crippen LogP contribution < -0.4 is 4.90 Å². The predicted molar refractivity (Wildman–Crippen MR) is 126 cm³/mol. The molecule has 4 nitrogen and oxygen atoms in total. The Balaban J connectivity index is 1.68. The molecule has 0 aliphatic heterocycles. The van der Waals surface area contributed by atoms with Crippen LogP contribution in [0.1, 0.15) is 25.3 Å². The molecule has 1 amide bonds. The van der Waals surface area contributed by atoms with Gasteiger partial charge in [0.1, 0.15) is 0 Å². The van der Waals surface area contributed by atoms with E-state index in [1.54, 1.807) is 23.1 Å². The van der Waals surface area contributed by atoms with Crippen LogP contribution in [0.4, 0.5) is 5.13 Å². The third-order valence-corrected chi connectivity index (χ3v) is 6.86. The number of hydrogen-bond acceptors (Lipinski definition) is 5. The van der Waals surface area contributed by atoms with Crippen molar-refractivity contribution in [1.29, 1.82) is 0 Å². The number of thioether (sulfide) groups is 1. The highest BCUT2D eigenvalue weighted by Gasteiger charge is 2.20. The highest BCUT2D eigenvalue weighted by Crippen LogP contribution is 2.31. The number of benzene rings is 2. The maximum atomic E-state index is 13.1. The molecule has 1 heterocycles. The summed E-state index contributed by atoms with van der Waals surface area (Å²) in [5.41, 5.74) is 2.28. The zero-order chi connectivity index (χ0) is 20.6. The largest absolute Gasteiger partial charge is 0.308 e. The van der Waals surface area contributed by atoms with Crippen molar-refractivity contribution in [3.63, 3.8) is 0 Å². The van der Waals surface area contributed by atoms with Crippen molar-refractivity contribution in [3.8, 4) is 0 Å². The lowest BCUT2D eigenvalue weighted by molar-refractivity contribution is -0.118. The van der Waals surface area contributed by atoms with Crippen molar-refractivity contribution in [2.45, 2.75) is 31.1 Å². The number of fused-ring (bicyclic) bond motifs is 1. The van der Waals surface area contributed by atoms with Gasteiger partial charge in [0.15, 0.2) is 5.13 Å². The van der Waals surface area contributed by atoms with Crippen molar-refractivity contribution >= 4 is 44.4 Å². The molecule has 0 aliphatic rings. The summed E-state index contributed by atoms with van der Waals surface area (Å²) in [6, 6.07) is 16.7. The molecule has 0 bridgehead atoms. The quantitative estimate of drug-likeness (QED) is 0.324. The number of likely N-dealkylation sites (N-methyl/N-ethyl adjacent to an activating group) is 1. The van der Waals surface area contributed by atoms with Crippen LogP contribution in [0.3, 0.4) is 0 Å². The number of nitrogens with zero attached hydrogens (tertiary/aromatic N) is 3. The Hall–Kier alpha value is -1.89. The van der Waals surface area contributed by atoms with E-state index in [4.69, 9.17) is 4.98 Å². The Bertz CT molecular complexity index is 924. The minimum Gasteiger partial charge on any atom is -0.308 e. The summed E-state index contributed by atoms with van der Waals surface area (Å²) in [5.74, 6) is 1.11. The zero-order valence-corrected chi connectivity index (χ0v) is 19.1. The Morgan fingerprint density at radius 1 is 1.07 bits per heavy atom. The van der Waals surface area contributed by atoms with Crippen molar-refractivity contribution in [1.82, 2.24) is 9.88 Å². The molecule has 0 saturated heterocycles. The lowest BCUT2D eigenvalue weighted by atomic mass is 10.1. The van der Waals surface area contributed by atoms with E-state index in [1.807, 2.05) is 37.2 Å². The zero-order valence-electron chi connectivity index (χ0n) is 17.4. The number of para-hydroxylation sites is 1. The second-order valence-electron chi connectivity index (χ2n) is 7.23. The number of thiazole rings is 1. The van der Waals surface area contributed by atoms with Gasteiger partial charge in [0.05, 0.1) is 10.2 Å². The van der Waals surface area contributed by atoms with Gasteiger partial charge in [-0.15, -0.1) is 11.8 Å². The van der Waals surface area contributed by atoms with Crippen LogP contribution in [0, 0.1) is 0 Å². The van der Waals surface area contributed by atoms with Gasteiger partial charge in [-0.2, -0.15) is 0 Å². The molecule has 3 rings (SSSR count). The van der Waals surface area contributed by atoms with Crippen LogP contribution in [-0.4, -0.2) is 48.7 Å². The summed E-state index contributed by atoms with van der Waals surface area (Å²) in [6.45, 7) is 3.63. The Morgan fingerprint density at radius 2 is 1.86 bits per heavy atom. The van der Waals surface area contributed by atoms with E-state index < -0.39 is 0 Å². The topological polar surface area (TPSA) is 36.4 Å². The average molecular weight is 428 g/mol. The van der Waals surface area contributed by atoms with E-state index >= 15 is 0 Å². The Kier molecular flexibility index (Phi) is 8.09. The Morgan fingerprint density at radius 3 is 2.59 bits per heavy atom. The number of rotatable bonds is 10. The fourth-order valence-electron chi connectivity index (χ4n) is 3.09. The van der Waals surface area contributed by atoms with Crippen molar-refractivity contribution in [2.24, 2.45) is 0 Å². The van der Waals surface area contributed by atoms with Crippen LogP contribution in [0.2, 0.25) is 0 Å². The van der Waals surface area contributed by atoms with E-state index in [-0.39, 0.29) is 5.91 Å². The summed E-state index contributed by atoms with van der Waals surface area (Å²) in [6.07, 6.45) is 2.36. The van der Waals surface area contributed by atoms with Gasteiger partial charge in [0.2, 0.25) is 5.91 Å². The van der Waals surface area contributed by atoms with Gasteiger partial charge < -0.3 is 4.90 Å². The van der Waals surface area contributed by atoms with Gasteiger partial charge in [-0.25, -0.2) is 4.98 Å². The standard InChI is InChI=1S/C23H29N3OS2/c1-4-18-10-8-13-20-22(18)24-23(29-20)26(16-15-25(2)3)21(27)14-9-17-28-19-11-6-5-7-12-19/h5-8,10-13H,4,9,14-17H2,1-3H3. The number of anilines is 1. The van der Waals surface area contributed by atoms with E-state index in [0.29, 0.717) is 13.0 Å². The third kappa shape index (κ3) is 6.04. The van der Waals surface area contributed by atoms with E-state index in [2.05, 4.69) is 42.2 Å². The van der Waals surface area contributed by atoms with Gasteiger partial charge in [0.25, 0.3) is 0 Å². The molecule has 1 aromatic heterocycles. The molecule has 154 valence electrons. The average Bonchev–Trinajstić information content (AvgIpc) is 3.15. The molecule has 0 fully saturated rings. The molecule has 6 heteroatoms. The molecule has 0 unspecified atom stereocenters. The van der Waals surface area contributed by atoms with Gasteiger partial charge in [-0.1, -0.05) is 48.6 Å². The number of hydrogen-bond donors (Lipinski definition) is 0. The third-order valence-electron chi connectivity index (χ3n) is 4.72. The molecule has 0 spiro atoms. The van der Waals surface area contributed by atoms with Gasteiger partial charge >= 0.3 is 0 Å². The van der Waals surface area contributed by atoms with E-state index in [9.17, 15) is 4.79 Å². The molecular weight excluding hydrogens is 398 g/mol. The number of aryl methyl sites for hydroxylation is 1. The summed E-state index contributed by atoms with van der Waals surface area (Å²) in [4.78, 5) is 23.2. The molecule has 0 aliphatic carbocycles. The highest BCUT2D eigenvalue weighted by molar-refractivity contribution is 7.99. The molecule has 0 atom stereocenters. The van der Waals surface area contributed by atoms with Gasteiger partial charge in [0, 0.05) is 24.4 Å². The van der Waals surface area contributed by atoms with E-state index in [0.717, 1.165) is 40.5 Å². The van der Waals surface area contributed by atoms with Crippen molar-refractivity contribution < 1.29 is 4.79 Å². The lowest BCUT2D eigenvalue weighted by Gasteiger charge is -2.22. The second kappa shape index (κ2) is 10.8. The predicted octanol–water partition coefficient (Wildman–Crippen LogP) is 5.33. The first kappa shape index (κ1) is 21.8. The molecule has 0 saturated carbocycles. The van der Waals surface area contributed by atoms with Crippen LogP contribution in [-0.2, 0) is 11.2 Å². The van der Waals surface area contributed by atoms with Crippen LogP contribution in [0.5, 0.6) is 0 Å². The van der Waals surface area contributed by atoms with Crippen molar-refractivity contribution in [3.05, 3.63) is 54.1 Å². The fourth-order valence-corrected chi connectivity index (χ4v) is 5.02. The molecule has 0 radical (unpaired) electrons. The first-order valence-corrected chi connectivity index (χ1v) is 11.9. The van der Waals surface area contributed by atoms with Gasteiger partial charge in [-0.3, -0.25) is 9.69 Å². The molecular formula is C23H29N3OS2. The molecule has 3 aromatic rings. The fraction of sp³-hybridized carbons (Fsp3) is 0.391. The highest BCUT2D eigenvalue weighted by atomic mass is 32.2. The minimum absolute atomic E-state index is 0.164. The van der Waals surface area contributed by atoms with Crippen LogP contribution in [0.15, 0.2) is 53.4 Å². The first-order valence-electron chi connectivity index (χ1n) is 10.1. The van der Waals surface area contributed by atoms with E-state index in [1.165, 1.54) is 10.5 Å². The second-order valence-corrected chi connectivity index (χ2v) is 9.41. The number of amides is 1. The summed E-state index contributed by atoms with van der Waals surface area (Å²) in [5, 5.41) is 0.823. The van der Waals surface area contributed by atoms with Crippen LogP contribution >= 0.6 is 23.1 Å². The molecule has 29 heavy (non-hydrogen) atoms.